The van der Waals surface area contributed by atoms with Crippen molar-refractivity contribution in [2.45, 2.75) is 31.1 Å². The predicted octanol–water partition coefficient (Wildman–Crippen LogP) is 1.60. The molecule has 2 saturated heterocycles. The fourth-order valence-electron chi connectivity index (χ4n) is 2.13. The van der Waals surface area contributed by atoms with Gasteiger partial charge in [-0.1, -0.05) is 6.92 Å². The summed E-state index contributed by atoms with van der Waals surface area (Å²) in [5, 5.41) is 0. The number of hydrogen-bond acceptors (Lipinski definition) is 3. The van der Waals surface area contributed by atoms with Gasteiger partial charge in [-0.05, 0) is 0 Å². The molecule has 0 aliphatic carbocycles. The molecule has 0 aromatic carbocycles. The lowest BCUT2D eigenvalue weighted by molar-refractivity contribution is -0.0620. The van der Waals surface area contributed by atoms with Gasteiger partial charge in [-0.15, -0.1) is 0 Å². The fourth-order valence-corrected chi connectivity index (χ4v) is 2.95. The van der Waals surface area contributed by atoms with Gasteiger partial charge in [0.1, 0.15) is 14.0 Å². The topological polar surface area (TPSA) is 27.7 Å². The van der Waals surface area contributed by atoms with Gasteiger partial charge in [0, 0.05) is 25.0 Å². The number of hydrogen-bond donors (Lipinski definition) is 0. The molecule has 0 aromatic heterocycles. The standard InChI is InChI=1S/C9H15BFO3P/c1-6-7(11)8(10)14-9(6)3-4-12-15(2)13-5-9/h6-8H,3-5H2,1-2H3/t6?,7-,8+,9+,15?/m0/s1. The summed E-state index contributed by atoms with van der Waals surface area (Å²) in [6.07, 6.45) is -0.468. The van der Waals surface area contributed by atoms with E-state index in [9.17, 15) is 4.39 Å². The first kappa shape index (κ1) is 11.8. The van der Waals surface area contributed by atoms with E-state index in [2.05, 4.69) is 0 Å². The Morgan fingerprint density at radius 1 is 1.47 bits per heavy atom. The van der Waals surface area contributed by atoms with Crippen LogP contribution in [0.4, 0.5) is 4.39 Å². The Labute approximate surface area is 92.0 Å². The third-order valence-corrected chi connectivity index (χ3v) is 4.32. The minimum atomic E-state index is -1.12. The molecule has 84 valence electrons. The van der Waals surface area contributed by atoms with Crippen LogP contribution >= 0.6 is 8.38 Å². The van der Waals surface area contributed by atoms with Gasteiger partial charge in [0.15, 0.2) is 8.38 Å². The van der Waals surface area contributed by atoms with Crippen LogP contribution in [0.5, 0.6) is 0 Å². The molecule has 0 aromatic rings. The van der Waals surface area contributed by atoms with E-state index < -0.39 is 26.2 Å². The first-order chi connectivity index (χ1) is 7.05. The van der Waals surface area contributed by atoms with E-state index in [1.807, 2.05) is 13.6 Å². The minimum Gasteiger partial charge on any atom is -0.376 e. The summed E-state index contributed by atoms with van der Waals surface area (Å²) in [6, 6.07) is -0.829. The minimum absolute atomic E-state index is 0.238. The van der Waals surface area contributed by atoms with E-state index >= 15 is 0 Å². The summed E-state index contributed by atoms with van der Waals surface area (Å²) in [4.78, 5) is 0. The fraction of sp³-hybridized carbons (Fsp3) is 1.00. The van der Waals surface area contributed by atoms with Crippen LogP contribution in [-0.2, 0) is 13.8 Å². The van der Waals surface area contributed by atoms with Crippen molar-refractivity contribution < 1.29 is 18.2 Å². The maximum Gasteiger partial charge on any atom is 0.167 e. The van der Waals surface area contributed by atoms with Crippen LogP contribution in [0.15, 0.2) is 0 Å². The predicted molar refractivity (Wildman–Crippen MR) is 56.8 cm³/mol. The van der Waals surface area contributed by atoms with Crippen molar-refractivity contribution in [2.24, 2.45) is 5.92 Å². The number of alkyl halides is 1. The third-order valence-electron chi connectivity index (χ3n) is 3.28. The molecule has 3 nitrogen and oxygen atoms in total. The molecule has 1 spiro atoms. The molecule has 15 heavy (non-hydrogen) atoms. The smallest absolute Gasteiger partial charge is 0.167 e. The Hall–Kier alpha value is 0.305. The van der Waals surface area contributed by atoms with Crippen molar-refractivity contribution >= 4 is 16.2 Å². The van der Waals surface area contributed by atoms with E-state index in [4.69, 9.17) is 21.6 Å². The highest BCUT2D eigenvalue weighted by Gasteiger charge is 2.52. The summed E-state index contributed by atoms with van der Waals surface area (Å²) in [7, 11) is 4.72. The Bertz CT molecular complexity index is 245. The second-order valence-corrected chi connectivity index (χ2v) is 5.57. The second-order valence-electron chi connectivity index (χ2n) is 4.18. The summed E-state index contributed by atoms with van der Waals surface area (Å²) >= 11 is 0. The lowest BCUT2D eigenvalue weighted by Gasteiger charge is -2.30. The van der Waals surface area contributed by atoms with Crippen LogP contribution in [0.3, 0.4) is 0 Å². The van der Waals surface area contributed by atoms with Crippen molar-refractivity contribution in [3.8, 4) is 0 Å². The van der Waals surface area contributed by atoms with Gasteiger partial charge in [-0.3, -0.25) is 0 Å². The van der Waals surface area contributed by atoms with Gasteiger partial charge in [0.25, 0.3) is 0 Å². The highest BCUT2D eigenvalue weighted by molar-refractivity contribution is 7.46. The van der Waals surface area contributed by atoms with Gasteiger partial charge in [-0.25, -0.2) is 4.39 Å². The van der Waals surface area contributed by atoms with Gasteiger partial charge in [0.05, 0.1) is 18.8 Å². The van der Waals surface area contributed by atoms with Crippen LogP contribution in [0, 0.1) is 5.92 Å². The molecule has 2 radical (unpaired) electrons. The molecule has 0 amide bonds. The number of rotatable bonds is 0. The second kappa shape index (κ2) is 4.29. The molecule has 0 N–H and O–H groups in total. The zero-order valence-corrected chi connectivity index (χ0v) is 9.88. The van der Waals surface area contributed by atoms with Crippen molar-refractivity contribution in [2.75, 3.05) is 19.9 Å². The van der Waals surface area contributed by atoms with Crippen LogP contribution < -0.4 is 0 Å². The first-order valence-electron chi connectivity index (χ1n) is 5.12. The maximum absolute atomic E-state index is 13.6. The number of ether oxygens (including phenoxy) is 1. The normalized spacial score (nSPS) is 51.9. The van der Waals surface area contributed by atoms with E-state index in [1.54, 1.807) is 0 Å². The maximum atomic E-state index is 13.6. The zero-order chi connectivity index (χ0) is 11.1. The molecular weight excluding hydrogens is 217 g/mol. The molecule has 2 aliphatic heterocycles. The summed E-state index contributed by atoms with van der Waals surface area (Å²) in [6.45, 7) is 4.64. The third kappa shape index (κ3) is 2.08. The summed E-state index contributed by atoms with van der Waals surface area (Å²) in [5.41, 5.74) is -0.591. The van der Waals surface area contributed by atoms with Crippen molar-refractivity contribution in [1.29, 1.82) is 0 Å². The molecule has 5 atom stereocenters. The molecule has 2 unspecified atom stereocenters. The first-order valence-corrected chi connectivity index (χ1v) is 6.75. The van der Waals surface area contributed by atoms with E-state index in [0.29, 0.717) is 19.6 Å². The lowest BCUT2D eigenvalue weighted by atomic mass is 9.82. The quantitative estimate of drug-likeness (QED) is 0.469. The molecule has 0 bridgehead atoms. The van der Waals surface area contributed by atoms with Crippen LogP contribution in [0.1, 0.15) is 13.3 Å². The van der Waals surface area contributed by atoms with Gasteiger partial charge in [-0.2, -0.15) is 0 Å². The van der Waals surface area contributed by atoms with Crippen LogP contribution in [0.25, 0.3) is 0 Å². The summed E-state index contributed by atoms with van der Waals surface area (Å²) < 4.78 is 30.1. The van der Waals surface area contributed by atoms with Gasteiger partial charge < -0.3 is 13.8 Å². The van der Waals surface area contributed by atoms with Crippen molar-refractivity contribution in [3.63, 3.8) is 0 Å². The highest BCUT2D eigenvalue weighted by Crippen LogP contribution is 2.46. The monoisotopic (exact) mass is 232 g/mol. The Kier molecular flexibility index (Phi) is 3.37. The molecule has 2 rings (SSSR count). The van der Waals surface area contributed by atoms with Crippen LogP contribution in [0.2, 0.25) is 0 Å². The molecule has 2 fully saturated rings. The average Bonchev–Trinajstić information content (AvgIpc) is 2.39. The van der Waals surface area contributed by atoms with Crippen LogP contribution in [-0.4, -0.2) is 45.5 Å². The Balaban J connectivity index is 2.12. The number of halogens is 1. The zero-order valence-electron chi connectivity index (χ0n) is 8.98. The largest absolute Gasteiger partial charge is 0.376 e. The summed E-state index contributed by atoms with van der Waals surface area (Å²) in [5.74, 6) is -0.238. The Morgan fingerprint density at radius 2 is 2.20 bits per heavy atom. The molecule has 6 heteroatoms. The molecule has 0 saturated carbocycles. The Morgan fingerprint density at radius 3 is 2.80 bits per heavy atom. The van der Waals surface area contributed by atoms with Gasteiger partial charge in [0.2, 0.25) is 0 Å². The molecule has 2 heterocycles. The van der Waals surface area contributed by atoms with E-state index in [1.165, 1.54) is 0 Å². The SMILES string of the molecule is [B][C@@H]1O[C@@]2(CCOP(C)OC2)C(C)[C@@H]1F. The lowest BCUT2D eigenvalue weighted by Crippen LogP contribution is -2.40. The van der Waals surface area contributed by atoms with Crippen molar-refractivity contribution in [1.82, 2.24) is 0 Å². The molecule has 2 aliphatic rings. The molecular formula is C9H15BFO3P. The van der Waals surface area contributed by atoms with E-state index in [-0.39, 0.29) is 5.92 Å². The van der Waals surface area contributed by atoms with Gasteiger partial charge >= 0.3 is 0 Å². The van der Waals surface area contributed by atoms with Crippen molar-refractivity contribution in [3.05, 3.63) is 0 Å². The highest BCUT2D eigenvalue weighted by atomic mass is 31.2. The van der Waals surface area contributed by atoms with E-state index in [0.717, 1.165) is 0 Å². The average molecular weight is 232 g/mol.